The molecule has 0 saturated heterocycles. The number of hydrogen-bond acceptors (Lipinski definition) is 8. The zero-order chi connectivity index (χ0) is 28.1. The number of ether oxygens (including phenoxy) is 2. The van der Waals surface area contributed by atoms with E-state index in [0.29, 0.717) is 25.6 Å². The molecular weight excluding hydrogens is 502 g/mol. The van der Waals surface area contributed by atoms with Crippen LogP contribution in [0.25, 0.3) is 22.2 Å². The van der Waals surface area contributed by atoms with E-state index in [9.17, 15) is 0 Å². The lowest BCUT2D eigenvalue weighted by molar-refractivity contribution is 0.0869. The molecule has 2 aromatic carbocycles. The quantitative estimate of drug-likeness (QED) is 0.280. The van der Waals surface area contributed by atoms with Crippen LogP contribution in [0.3, 0.4) is 0 Å². The van der Waals surface area contributed by atoms with E-state index in [0.717, 1.165) is 65.8 Å². The molecule has 0 amide bonds. The van der Waals surface area contributed by atoms with Gasteiger partial charge in [0.1, 0.15) is 5.75 Å². The Bertz CT molecular complexity index is 1500. The smallest absolute Gasteiger partial charge is 0.227 e. The maximum atomic E-state index is 5.84. The van der Waals surface area contributed by atoms with Crippen LogP contribution >= 0.6 is 0 Å². The molecule has 0 atom stereocenters. The van der Waals surface area contributed by atoms with E-state index in [4.69, 9.17) is 20.2 Å². The normalized spacial score (nSPS) is 13.2. The lowest BCUT2D eigenvalue weighted by Gasteiger charge is -2.26. The summed E-state index contributed by atoms with van der Waals surface area (Å²) < 4.78 is 14.0. The molecule has 2 aromatic heterocycles. The highest BCUT2D eigenvalue weighted by atomic mass is 16.5. The average Bonchev–Trinajstić information content (AvgIpc) is 3.33. The van der Waals surface area contributed by atoms with Gasteiger partial charge in [0.2, 0.25) is 5.95 Å². The Morgan fingerprint density at radius 2 is 2.02 bits per heavy atom. The number of hydrogen-bond donors (Lipinski definition) is 2. The summed E-state index contributed by atoms with van der Waals surface area (Å²) in [6.07, 6.45) is 6.04. The van der Waals surface area contributed by atoms with Crippen molar-refractivity contribution in [2.24, 2.45) is 5.73 Å². The Kier molecular flexibility index (Phi) is 8.52. The molecule has 5 rings (SSSR count). The zero-order valence-electron chi connectivity index (χ0n) is 23.9. The molecule has 0 bridgehead atoms. The standard InChI is InChI=1S/C31H39N7O2/c1-5-36(2)15-16-37(3)27-20-29(39-4)25(19-22(27)9-8-13-32)35-31-33-14-12-24(34-31)30-23-10-6-7-11-26(23)38-17-18-40-21-28(30)38/h6-8,10-14,19-20H,5,9,15-18,21,32H2,1-4H3,(H,33,34,35). The van der Waals surface area contributed by atoms with Gasteiger partial charge in [0.05, 0.1) is 37.4 Å². The highest BCUT2D eigenvalue weighted by molar-refractivity contribution is 5.97. The number of allylic oxidation sites excluding steroid dienone is 1. The number of likely N-dealkylation sites (N-methyl/N-ethyl adjacent to an activating group) is 2. The van der Waals surface area contributed by atoms with Crippen molar-refractivity contribution in [2.45, 2.75) is 26.5 Å². The van der Waals surface area contributed by atoms with Crippen molar-refractivity contribution < 1.29 is 9.47 Å². The maximum absolute atomic E-state index is 5.84. The fourth-order valence-electron chi connectivity index (χ4n) is 5.24. The van der Waals surface area contributed by atoms with E-state index in [1.807, 2.05) is 12.1 Å². The molecule has 9 heteroatoms. The van der Waals surface area contributed by atoms with Crippen molar-refractivity contribution in [1.29, 1.82) is 0 Å². The Hall–Kier alpha value is -4.08. The number of para-hydroxylation sites is 1. The third kappa shape index (κ3) is 5.61. The number of nitrogens with zero attached hydrogens (tertiary/aromatic N) is 5. The highest BCUT2D eigenvalue weighted by Crippen LogP contribution is 2.38. The topological polar surface area (TPSA) is 93.7 Å². The van der Waals surface area contributed by atoms with Gasteiger partial charge in [-0.1, -0.05) is 31.2 Å². The van der Waals surface area contributed by atoms with Crippen LogP contribution in [0.4, 0.5) is 17.3 Å². The molecule has 3 heterocycles. The summed E-state index contributed by atoms with van der Waals surface area (Å²) in [5.74, 6) is 1.22. The number of nitrogens with two attached hydrogens (primary N) is 1. The molecule has 3 N–H and O–H groups in total. The van der Waals surface area contributed by atoms with Gasteiger partial charge >= 0.3 is 0 Å². The zero-order valence-corrected chi connectivity index (χ0v) is 23.9. The molecule has 0 unspecified atom stereocenters. The van der Waals surface area contributed by atoms with Gasteiger partial charge in [0, 0.05) is 61.1 Å². The van der Waals surface area contributed by atoms with Gasteiger partial charge in [-0.05, 0) is 50.0 Å². The number of methoxy groups -OCH3 is 1. The summed E-state index contributed by atoms with van der Waals surface area (Å²) in [6.45, 7) is 7.14. The van der Waals surface area contributed by atoms with E-state index in [1.54, 1.807) is 19.5 Å². The summed E-state index contributed by atoms with van der Waals surface area (Å²) in [5.41, 5.74) is 13.0. The van der Waals surface area contributed by atoms with E-state index >= 15 is 0 Å². The molecule has 9 nitrogen and oxygen atoms in total. The van der Waals surface area contributed by atoms with Crippen LogP contribution in [-0.2, 0) is 24.3 Å². The Labute approximate surface area is 236 Å². The lowest BCUT2D eigenvalue weighted by Crippen LogP contribution is -2.31. The number of nitrogens with one attached hydrogen (secondary N) is 1. The molecule has 1 aliphatic rings. The van der Waals surface area contributed by atoms with Gasteiger partial charge in [-0.3, -0.25) is 0 Å². The van der Waals surface area contributed by atoms with E-state index < -0.39 is 0 Å². The van der Waals surface area contributed by atoms with Crippen LogP contribution in [0.15, 0.2) is 60.9 Å². The SMILES string of the molecule is CCN(C)CCN(C)c1cc(OC)c(Nc2nccc(-c3c4n(c5ccccc35)CCOC4)n2)cc1CC=CN. The molecule has 0 saturated carbocycles. The molecule has 4 aromatic rings. The number of anilines is 3. The van der Waals surface area contributed by atoms with E-state index in [1.165, 1.54) is 10.9 Å². The summed E-state index contributed by atoms with van der Waals surface area (Å²) in [4.78, 5) is 14.1. The second kappa shape index (κ2) is 12.4. The number of fused-ring (bicyclic) bond motifs is 3. The fraction of sp³-hybridized carbons (Fsp3) is 0.355. The van der Waals surface area contributed by atoms with Crippen LogP contribution in [-0.4, -0.2) is 66.9 Å². The fourth-order valence-corrected chi connectivity index (χ4v) is 5.24. The van der Waals surface area contributed by atoms with Crippen LogP contribution in [0.1, 0.15) is 18.2 Å². The van der Waals surface area contributed by atoms with Crippen LogP contribution in [0.5, 0.6) is 5.75 Å². The van der Waals surface area contributed by atoms with Gasteiger partial charge in [-0.15, -0.1) is 0 Å². The number of benzene rings is 2. The second-order valence-corrected chi connectivity index (χ2v) is 10.1. The predicted octanol–water partition coefficient (Wildman–Crippen LogP) is 4.78. The summed E-state index contributed by atoms with van der Waals surface area (Å²) in [5, 5.41) is 4.60. The summed E-state index contributed by atoms with van der Waals surface area (Å²) >= 11 is 0. The highest BCUT2D eigenvalue weighted by Gasteiger charge is 2.22. The molecule has 0 radical (unpaired) electrons. The number of aromatic nitrogens is 3. The largest absolute Gasteiger partial charge is 0.494 e. The minimum atomic E-state index is 0.502. The molecule has 1 aliphatic heterocycles. The Balaban J connectivity index is 1.50. The second-order valence-electron chi connectivity index (χ2n) is 10.1. The number of rotatable bonds is 11. The van der Waals surface area contributed by atoms with Crippen LogP contribution in [0, 0.1) is 0 Å². The van der Waals surface area contributed by atoms with Crippen molar-refractivity contribution in [3.05, 3.63) is 72.2 Å². The molecule has 210 valence electrons. The van der Waals surface area contributed by atoms with Crippen LogP contribution in [0.2, 0.25) is 0 Å². The van der Waals surface area contributed by atoms with Crippen molar-refractivity contribution in [2.75, 3.05) is 57.7 Å². The molecule has 40 heavy (non-hydrogen) atoms. The lowest BCUT2D eigenvalue weighted by atomic mass is 10.1. The van der Waals surface area contributed by atoms with Gasteiger partial charge in [0.25, 0.3) is 0 Å². The molecular formula is C31H39N7O2. The molecule has 0 fully saturated rings. The predicted molar refractivity (Wildman–Crippen MR) is 162 cm³/mol. The summed E-state index contributed by atoms with van der Waals surface area (Å²) in [6, 6.07) is 14.6. The van der Waals surface area contributed by atoms with Gasteiger partial charge in [-0.2, -0.15) is 0 Å². The maximum Gasteiger partial charge on any atom is 0.227 e. The third-order valence-electron chi connectivity index (χ3n) is 7.58. The first-order valence-electron chi connectivity index (χ1n) is 13.8. The van der Waals surface area contributed by atoms with Crippen molar-refractivity contribution in [3.63, 3.8) is 0 Å². The average molecular weight is 542 g/mol. The van der Waals surface area contributed by atoms with Gasteiger partial charge in [0.15, 0.2) is 0 Å². The minimum Gasteiger partial charge on any atom is -0.494 e. The van der Waals surface area contributed by atoms with E-state index in [-0.39, 0.29) is 0 Å². The first kappa shape index (κ1) is 27.5. The molecule has 0 aliphatic carbocycles. The van der Waals surface area contributed by atoms with Crippen LogP contribution < -0.4 is 20.7 Å². The third-order valence-corrected chi connectivity index (χ3v) is 7.58. The first-order chi connectivity index (χ1) is 19.5. The Morgan fingerprint density at radius 3 is 2.83 bits per heavy atom. The van der Waals surface area contributed by atoms with E-state index in [2.05, 4.69) is 82.1 Å². The van der Waals surface area contributed by atoms with Crippen molar-refractivity contribution in [1.82, 2.24) is 19.4 Å². The summed E-state index contributed by atoms with van der Waals surface area (Å²) in [7, 11) is 5.93. The van der Waals surface area contributed by atoms with Gasteiger partial charge < -0.3 is 34.9 Å². The Morgan fingerprint density at radius 1 is 1.18 bits per heavy atom. The minimum absolute atomic E-state index is 0.502. The van der Waals surface area contributed by atoms with Crippen molar-refractivity contribution >= 4 is 28.2 Å². The van der Waals surface area contributed by atoms with Gasteiger partial charge in [-0.25, -0.2) is 9.97 Å². The van der Waals surface area contributed by atoms with Crippen molar-refractivity contribution in [3.8, 4) is 17.0 Å². The molecule has 0 spiro atoms. The first-order valence-corrected chi connectivity index (χ1v) is 13.8. The monoisotopic (exact) mass is 541 g/mol.